The minimum atomic E-state index is 0.0814. The monoisotopic (exact) mass is 412 g/mol. The zero-order chi connectivity index (χ0) is 21.2. The Morgan fingerprint density at radius 2 is 1.72 bits per heavy atom. The topological polar surface area (TPSA) is 69.9 Å². The molecule has 1 aromatic heterocycles. The normalized spacial score (nSPS) is 14.9. The van der Waals surface area contributed by atoms with Crippen LogP contribution in [0.4, 0.5) is 0 Å². The van der Waals surface area contributed by atoms with Gasteiger partial charge in [0, 0.05) is 17.8 Å². The van der Waals surface area contributed by atoms with Gasteiger partial charge in [0.2, 0.25) is 0 Å². The second-order valence-corrected chi connectivity index (χ2v) is 9.65. The van der Waals surface area contributed by atoms with Crippen LogP contribution in [0.5, 0.6) is 0 Å². The van der Waals surface area contributed by atoms with Crippen LogP contribution in [0.15, 0.2) is 29.4 Å². The first kappa shape index (κ1) is 22.0. The number of benzene rings is 1. The first-order valence-electron chi connectivity index (χ1n) is 10.8. The molecule has 0 saturated heterocycles. The fraction of sp³-hybridized carbons (Fsp3) is 0.542. The number of allylic oxidation sites excluding steroid dienone is 1. The molecule has 0 atom stereocenters. The van der Waals surface area contributed by atoms with Crippen LogP contribution in [-0.4, -0.2) is 9.78 Å². The van der Waals surface area contributed by atoms with Gasteiger partial charge in [-0.3, -0.25) is 9.82 Å². The molecule has 0 unspecified atom stereocenters. The Kier molecular flexibility index (Phi) is 6.79. The summed E-state index contributed by atoms with van der Waals surface area (Å²) in [6, 6.07) is 4.48. The third kappa shape index (κ3) is 4.72. The molecule has 0 fully saturated rings. The summed E-state index contributed by atoms with van der Waals surface area (Å²) >= 11 is 1.20. The first-order chi connectivity index (χ1) is 13.8. The number of hydrogen-bond donors (Lipinski definition) is 2. The largest absolute Gasteiger partial charge is 0.402 e. The summed E-state index contributed by atoms with van der Waals surface area (Å²) in [5.41, 5.74) is 15.8. The number of aryl methyl sites for hydroxylation is 3. The molecule has 1 aromatic carbocycles. The predicted octanol–water partition coefficient (Wildman–Crippen LogP) is 4.98. The fourth-order valence-corrected chi connectivity index (χ4v) is 5.01. The number of nitrogens with two attached hydrogens (primary N) is 2. The summed E-state index contributed by atoms with van der Waals surface area (Å²) in [5.74, 6) is 0. The molecule has 1 heterocycles. The lowest BCUT2D eigenvalue weighted by atomic mass is 9.91. The van der Waals surface area contributed by atoms with Crippen molar-refractivity contribution in [3.63, 3.8) is 0 Å². The van der Waals surface area contributed by atoms with Gasteiger partial charge in [-0.15, -0.1) is 0 Å². The molecule has 0 saturated carbocycles. The van der Waals surface area contributed by atoms with Crippen LogP contribution in [0.2, 0.25) is 0 Å². The maximum atomic E-state index is 5.82. The van der Waals surface area contributed by atoms with E-state index in [1.54, 1.807) is 22.3 Å². The molecule has 0 radical (unpaired) electrons. The van der Waals surface area contributed by atoms with Crippen molar-refractivity contribution in [1.29, 1.82) is 0 Å². The highest BCUT2D eigenvalue weighted by atomic mass is 32.2. The summed E-state index contributed by atoms with van der Waals surface area (Å²) < 4.78 is 2.04. The summed E-state index contributed by atoms with van der Waals surface area (Å²) in [5, 5.41) is 10.8. The lowest BCUT2D eigenvalue weighted by molar-refractivity contribution is 0.298. The molecule has 4 rings (SSSR count). The van der Waals surface area contributed by atoms with Gasteiger partial charge in [0.05, 0.1) is 5.54 Å². The minimum absolute atomic E-state index is 0.0814. The molecule has 5 heteroatoms. The van der Waals surface area contributed by atoms with E-state index < -0.39 is 0 Å². The van der Waals surface area contributed by atoms with E-state index in [0.29, 0.717) is 0 Å². The molecular weight excluding hydrogens is 376 g/mol. The quantitative estimate of drug-likeness (QED) is 0.679. The summed E-state index contributed by atoms with van der Waals surface area (Å²) in [6.07, 6.45) is 9.65. The van der Waals surface area contributed by atoms with Gasteiger partial charge in [-0.1, -0.05) is 19.6 Å². The van der Waals surface area contributed by atoms with Crippen LogP contribution in [0, 0.1) is 6.92 Å². The van der Waals surface area contributed by atoms with E-state index >= 15 is 0 Å². The van der Waals surface area contributed by atoms with Gasteiger partial charge in [-0.2, -0.15) is 5.10 Å². The Bertz CT molecular complexity index is 863. The highest BCUT2D eigenvalue weighted by Crippen LogP contribution is 2.35. The first-order valence-corrected chi connectivity index (χ1v) is 11.7. The number of nitrogens with zero attached hydrogens (tertiary/aromatic N) is 2. The van der Waals surface area contributed by atoms with Crippen LogP contribution >= 0.6 is 11.9 Å². The van der Waals surface area contributed by atoms with Gasteiger partial charge in [-0.25, -0.2) is 0 Å². The molecule has 158 valence electrons. The van der Waals surface area contributed by atoms with Crippen LogP contribution < -0.4 is 10.9 Å². The zero-order valence-electron chi connectivity index (χ0n) is 18.5. The number of aromatic nitrogens is 2. The average Bonchev–Trinajstić information content (AvgIpc) is 3.40. The summed E-state index contributed by atoms with van der Waals surface area (Å²) in [4.78, 5) is 0. The van der Waals surface area contributed by atoms with Crippen molar-refractivity contribution in [2.75, 3.05) is 0 Å². The number of hydrogen-bond acceptors (Lipinski definition) is 4. The molecular formula is C24H36N4S. The summed E-state index contributed by atoms with van der Waals surface area (Å²) in [6.45, 7) is 12.5. The Balaban J connectivity index is 0.000000170. The van der Waals surface area contributed by atoms with E-state index in [4.69, 9.17) is 10.9 Å². The standard InChI is InChI=1S/C15H19N.C9H17N3S/c1-10(16)8-15-13-6-2-4-11(13)9-12-5-3-7-14(12)15;1-5-9(3,4)12-7(2)6-8(11-12)13-10/h9H,1-8,16H2;6H,5,10H2,1-4H3. The number of fused-ring (bicyclic) bond motifs is 2. The van der Waals surface area contributed by atoms with E-state index in [1.807, 2.05) is 10.7 Å². The summed E-state index contributed by atoms with van der Waals surface area (Å²) in [7, 11) is 0. The van der Waals surface area contributed by atoms with Gasteiger partial charge in [0.1, 0.15) is 5.03 Å². The van der Waals surface area contributed by atoms with E-state index in [-0.39, 0.29) is 5.54 Å². The van der Waals surface area contributed by atoms with E-state index in [2.05, 4.69) is 45.4 Å². The van der Waals surface area contributed by atoms with Crippen molar-refractivity contribution in [2.45, 2.75) is 89.6 Å². The Morgan fingerprint density at radius 1 is 1.14 bits per heavy atom. The smallest absolute Gasteiger partial charge is 0.133 e. The third-order valence-electron chi connectivity index (χ3n) is 6.43. The van der Waals surface area contributed by atoms with Gasteiger partial charge < -0.3 is 5.73 Å². The van der Waals surface area contributed by atoms with Gasteiger partial charge in [0.25, 0.3) is 0 Å². The Hall–Kier alpha value is -1.72. The van der Waals surface area contributed by atoms with Gasteiger partial charge in [0.15, 0.2) is 0 Å². The third-order valence-corrected chi connectivity index (χ3v) is 6.87. The minimum Gasteiger partial charge on any atom is -0.402 e. The van der Waals surface area contributed by atoms with Crippen LogP contribution in [-0.2, 0) is 37.6 Å². The Labute approximate surface area is 180 Å². The molecule has 2 aliphatic carbocycles. The van der Waals surface area contributed by atoms with E-state index in [1.165, 1.54) is 61.7 Å². The molecule has 0 amide bonds. The molecule has 2 aromatic rings. The Morgan fingerprint density at radius 3 is 2.17 bits per heavy atom. The van der Waals surface area contributed by atoms with Crippen molar-refractivity contribution in [3.05, 3.63) is 57.9 Å². The lowest BCUT2D eigenvalue weighted by Gasteiger charge is -2.25. The van der Waals surface area contributed by atoms with Gasteiger partial charge >= 0.3 is 0 Å². The fourth-order valence-electron chi connectivity index (χ4n) is 4.64. The van der Waals surface area contributed by atoms with E-state index in [9.17, 15) is 0 Å². The molecule has 4 N–H and O–H groups in total. The van der Waals surface area contributed by atoms with Crippen molar-refractivity contribution in [3.8, 4) is 0 Å². The molecule has 0 aliphatic heterocycles. The maximum absolute atomic E-state index is 5.82. The molecule has 2 aliphatic rings. The molecule has 0 bridgehead atoms. The molecule has 29 heavy (non-hydrogen) atoms. The molecule has 0 spiro atoms. The van der Waals surface area contributed by atoms with Gasteiger partial charge in [-0.05, 0) is 112 Å². The van der Waals surface area contributed by atoms with Crippen LogP contribution in [0.25, 0.3) is 0 Å². The zero-order valence-corrected chi connectivity index (χ0v) is 19.3. The second kappa shape index (κ2) is 8.97. The maximum Gasteiger partial charge on any atom is 0.133 e. The average molecular weight is 413 g/mol. The van der Waals surface area contributed by atoms with Crippen molar-refractivity contribution in [2.24, 2.45) is 10.9 Å². The van der Waals surface area contributed by atoms with Crippen molar-refractivity contribution in [1.82, 2.24) is 9.78 Å². The van der Waals surface area contributed by atoms with Crippen LogP contribution in [0.1, 0.15) is 73.5 Å². The van der Waals surface area contributed by atoms with Crippen molar-refractivity contribution < 1.29 is 0 Å². The SMILES string of the molecule is C=C(N)Cc1c2c(cc3c1CCC3)CCC2.CCC(C)(C)n1nc(SN)cc1C. The van der Waals surface area contributed by atoms with Crippen LogP contribution in [0.3, 0.4) is 0 Å². The highest BCUT2D eigenvalue weighted by molar-refractivity contribution is 7.97. The van der Waals surface area contributed by atoms with Crippen molar-refractivity contribution >= 4 is 11.9 Å². The molecule has 4 nitrogen and oxygen atoms in total. The predicted molar refractivity (Wildman–Crippen MR) is 124 cm³/mol. The highest BCUT2D eigenvalue weighted by Gasteiger charge is 2.23. The second-order valence-electron chi connectivity index (χ2n) is 8.99. The lowest BCUT2D eigenvalue weighted by Crippen LogP contribution is -2.27. The number of rotatable bonds is 5. The van der Waals surface area contributed by atoms with E-state index in [0.717, 1.165) is 23.6 Å².